The lowest BCUT2D eigenvalue weighted by Crippen LogP contribution is -2.48. The van der Waals surface area contributed by atoms with E-state index in [0.29, 0.717) is 25.0 Å². The van der Waals surface area contributed by atoms with Gasteiger partial charge in [0, 0.05) is 43.5 Å². The van der Waals surface area contributed by atoms with E-state index in [1.807, 2.05) is 118 Å². The van der Waals surface area contributed by atoms with Crippen molar-refractivity contribution < 1.29 is 29.1 Å². The highest BCUT2D eigenvalue weighted by molar-refractivity contribution is 6.83. The van der Waals surface area contributed by atoms with Crippen molar-refractivity contribution in [2.45, 2.75) is 156 Å². The number of hydrogen-bond donors (Lipinski definition) is 3. The Bertz CT molecular complexity index is 1910. The number of carbonyl (C=O) groups is 2. The van der Waals surface area contributed by atoms with Crippen LogP contribution >= 0.6 is 0 Å². The molecule has 8 nitrogen and oxygen atoms in total. The number of phenols is 1. The number of phenolic OH excluding ortho intramolecular Hbond substituents is 1. The maximum atomic E-state index is 12.7. The van der Waals surface area contributed by atoms with Gasteiger partial charge in [-0.3, -0.25) is 9.59 Å². The van der Waals surface area contributed by atoms with E-state index in [2.05, 4.69) is 77.0 Å². The molecule has 2 saturated heterocycles. The molecule has 0 saturated carbocycles. The minimum absolute atomic E-state index is 0.108. The fourth-order valence-electron chi connectivity index (χ4n) is 6.50. The third kappa shape index (κ3) is 17.6. The molecule has 0 aliphatic carbocycles. The third-order valence-electron chi connectivity index (χ3n) is 10.8. The summed E-state index contributed by atoms with van der Waals surface area (Å²) in [6.45, 7) is 30.7. The number of Topliss-reactive ketones (excluding diaryl/α,β-unsaturated/α-hetero) is 1. The average Bonchev–Trinajstić information content (AvgIpc) is 3.78. The normalized spacial score (nSPS) is 16.8. The summed E-state index contributed by atoms with van der Waals surface area (Å²) in [5.41, 5.74) is 5.31. The number of hydrogen-bond acceptors (Lipinski definition) is 7. The molecule has 3 aromatic carbocycles. The molecule has 61 heavy (non-hydrogen) atoms. The van der Waals surface area contributed by atoms with E-state index in [-0.39, 0.29) is 47.4 Å². The van der Waals surface area contributed by atoms with Crippen molar-refractivity contribution in [2.24, 2.45) is 5.92 Å². The van der Waals surface area contributed by atoms with Crippen LogP contribution in [0.1, 0.15) is 122 Å². The van der Waals surface area contributed by atoms with Gasteiger partial charge in [-0.2, -0.15) is 0 Å². The zero-order valence-electron chi connectivity index (χ0n) is 39.7. The van der Waals surface area contributed by atoms with Gasteiger partial charge in [0.25, 0.3) is 0 Å². The van der Waals surface area contributed by atoms with Crippen molar-refractivity contribution in [3.05, 3.63) is 101 Å². The first kappa shape index (κ1) is 53.0. The van der Waals surface area contributed by atoms with Crippen LogP contribution in [0.4, 0.5) is 0 Å². The molecule has 0 radical (unpaired) electrons. The lowest BCUT2D eigenvalue weighted by molar-refractivity contribution is -0.133. The molecule has 3 N–H and O–H groups in total. The van der Waals surface area contributed by atoms with Crippen LogP contribution in [0.15, 0.2) is 78.9 Å². The van der Waals surface area contributed by atoms with E-state index < -0.39 is 13.7 Å². The van der Waals surface area contributed by atoms with Crippen molar-refractivity contribution in [2.75, 3.05) is 13.1 Å². The highest BCUT2D eigenvalue weighted by Crippen LogP contribution is 2.37. The van der Waals surface area contributed by atoms with Gasteiger partial charge in [-0.25, -0.2) is 0 Å². The van der Waals surface area contributed by atoms with Gasteiger partial charge in [-0.05, 0) is 76.8 Å². The topological polar surface area (TPSA) is 108 Å². The molecule has 0 spiro atoms. The number of terminal acetylenes is 1. The Kier molecular flexibility index (Phi) is 20.3. The molecule has 2 fully saturated rings. The van der Waals surface area contributed by atoms with Crippen LogP contribution in [0, 0.1) is 29.7 Å². The van der Waals surface area contributed by atoms with Gasteiger partial charge in [0.15, 0.2) is 5.78 Å². The maximum absolute atomic E-state index is 12.7. The second kappa shape index (κ2) is 23.3. The number of aliphatic hydroxyl groups is 1. The van der Waals surface area contributed by atoms with Crippen LogP contribution in [0.25, 0.3) is 0 Å². The number of para-hydroxylation sites is 1. The Morgan fingerprint density at radius 1 is 0.885 bits per heavy atom. The van der Waals surface area contributed by atoms with Gasteiger partial charge in [-0.1, -0.05) is 133 Å². The molecule has 5 rings (SSSR count). The molecule has 0 unspecified atom stereocenters. The molecule has 3 aromatic rings. The number of nitrogens with zero attached hydrogens (tertiary/aromatic N) is 1. The molecular weight excluding hydrogens is 775 g/mol. The molecule has 332 valence electrons. The van der Waals surface area contributed by atoms with Crippen molar-refractivity contribution in [1.82, 2.24) is 10.2 Å². The largest absolute Gasteiger partial charge is 0.507 e. The number of likely N-dealkylation sites (tertiary alicyclic amines) is 1. The van der Waals surface area contributed by atoms with Crippen molar-refractivity contribution >= 4 is 26.9 Å². The highest BCUT2D eigenvalue weighted by Gasteiger charge is 2.50. The molecule has 2 aliphatic rings. The van der Waals surface area contributed by atoms with E-state index in [1.54, 1.807) is 6.92 Å². The summed E-state index contributed by atoms with van der Waals surface area (Å²) in [6, 6.07) is 24.6. The summed E-state index contributed by atoms with van der Waals surface area (Å²) in [5.74, 6) is 6.53. The van der Waals surface area contributed by atoms with Gasteiger partial charge in [-0.15, -0.1) is 23.8 Å². The van der Waals surface area contributed by atoms with E-state index >= 15 is 0 Å². The van der Waals surface area contributed by atoms with Crippen molar-refractivity contribution in [3.63, 3.8) is 0 Å². The summed E-state index contributed by atoms with van der Waals surface area (Å²) in [4.78, 5) is 25.3. The number of aromatic hydroxyl groups is 1. The van der Waals surface area contributed by atoms with Gasteiger partial charge >= 0.3 is 7.12 Å². The standard InChI is InChI=1S/C20H32N2O2.C14H20OSi.C9H15BO2.C8H8O/c1-14(2)17(19(24)22-11-6-7-12-22)21-13-15-9-8-10-16(18(15)23)20(3,4)5;1-14(15,11-8-12-16(2,3)4)13-9-6-5-7-10-13;1-6-7-10-11-8(2,3)9(4,5)12-10;1-7(9)8-5-3-2-4-6-8/h8-10,14,17,21,23H,6-7,11-13H2,1-5H3;5-7,9-10,15H,11H2,1-4H3;1H,7H2,2-5H3;2-6H,1H3/t17-;14-;;/m00../s1. The minimum atomic E-state index is -1.33. The molecule has 2 aliphatic heterocycles. The number of amides is 1. The maximum Gasteiger partial charge on any atom is 0.470 e. The van der Waals surface area contributed by atoms with Gasteiger partial charge < -0.3 is 29.7 Å². The number of nitrogens with one attached hydrogen (secondary N) is 1. The Hall–Kier alpha value is -4.16. The zero-order chi connectivity index (χ0) is 46.2. The minimum Gasteiger partial charge on any atom is -0.507 e. The lowest BCUT2D eigenvalue weighted by Gasteiger charge is -2.32. The smallest absolute Gasteiger partial charge is 0.470 e. The third-order valence-corrected chi connectivity index (χ3v) is 11.8. The predicted molar refractivity (Wildman–Crippen MR) is 256 cm³/mol. The van der Waals surface area contributed by atoms with E-state index in [9.17, 15) is 19.8 Å². The highest BCUT2D eigenvalue weighted by atomic mass is 28.3. The number of benzene rings is 3. The quantitative estimate of drug-likeness (QED) is 0.112. The predicted octanol–water partition coefficient (Wildman–Crippen LogP) is 10.2. The number of ketones is 1. The van der Waals surface area contributed by atoms with Gasteiger partial charge in [0.05, 0.1) is 22.8 Å². The van der Waals surface area contributed by atoms with E-state index in [4.69, 9.17) is 15.7 Å². The zero-order valence-corrected chi connectivity index (χ0v) is 40.7. The summed E-state index contributed by atoms with van der Waals surface area (Å²) in [5, 5.41) is 24.3. The average molecular weight is 851 g/mol. The van der Waals surface area contributed by atoms with E-state index in [0.717, 1.165) is 48.2 Å². The van der Waals surface area contributed by atoms with Gasteiger partial charge in [0.2, 0.25) is 5.91 Å². The Balaban J connectivity index is 0.000000300. The first-order chi connectivity index (χ1) is 28.2. The molecule has 1 amide bonds. The second-order valence-electron chi connectivity index (χ2n) is 19.6. The first-order valence-electron chi connectivity index (χ1n) is 21.7. The monoisotopic (exact) mass is 851 g/mol. The molecule has 0 bridgehead atoms. The summed E-state index contributed by atoms with van der Waals surface area (Å²) >= 11 is 0. The summed E-state index contributed by atoms with van der Waals surface area (Å²) in [6.07, 6.45) is 8.40. The fraction of sp³-hybridized carbons (Fsp3) is 0.529. The summed E-state index contributed by atoms with van der Waals surface area (Å²) < 4.78 is 11.3. The Labute approximate surface area is 370 Å². The molecule has 0 aromatic heterocycles. The van der Waals surface area contributed by atoms with Crippen LogP contribution in [0.3, 0.4) is 0 Å². The fourth-order valence-corrected chi connectivity index (χ4v) is 7.12. The van der Waals surface area contributed by atoms with E-state index in [1.165, 1.54) is 0 Å². The van der Waals surface area contributed by atoms with Crippen molar-refractivity contribution in [3.8, 4) is 29.6 Å². The molecule has 10 heteroatoms. The lowest BCUT2D eigenvalue weighted by atomic mass is 9.85. The van der Waals surface area contributed by atoms with Crippen LogP contribution in [0.5, 0.6) is 5.75 Å². The molecule has 2 atom stereocenters. The van der Waals surface area contributed by atoms with Crippen molar-refractivity contribution in [1.29, 1.82) is 0 Å². The van der Waals surface area contributed by atoms with Crippen LogP contribution < -0.4 is 5.32 Å². The number of carbonyl (C=O) groups excluding carboxylic acids is 2. The van der Waals surface area contributed by atoms with Crippen LogP contribution in [-0.4, -0.2) is 72.3 Å². The van der Waals surface area contributed by atoms with Crippen LogP contribution in [-0.2, 0) is 31.7 Å². The first-order valence-corrected chi connectivity index (χ1v) is 25.2. The number of rotatable bonds is 9. The van der Waals surface area contributed by atoms with Gasteiger partial charge in [0.1, 0.15) is 13.8 Å². The van der Waals surface area contributed by atoms with Crippen LogP contribution in [0.2, 0.25) is 26.0 Å². The molecular formula is C51H75BN2O6Si. The molecule has 2 heterocycles. The Morgan fingerprint density at radius 2 is 1.41 bits per heavy atom. The summed E-state index contributed by atoms with van der Waals surface area (Å²) in [7, 11) is -1.57. The second-order valence-corrected chi connectivity index (χ2v) is 24.3. The SMILES string of the molecule is C#CCB1OC(C)(C)C(C)(C)O1.CC(=O)c1ccccc1.CC(C)[C@H](NCc1cccc(C(C)(C)C)c1O)C(=O)N1CCCC1.C[C@](O)(CC#C[Si](C)(C)C)c1ccccc1. The Morgan fingerprint density at radius 3 is 1.85 bits per heavy atom.